The summed E-state index contributed by atoms with van der Waals surface area (Å²) < 4.78 is 5.23. The van der Waals surface area contributed by atoms with E-state index in [2.05, 4.69) is 4.98 Å². The molecular formula is C15H18N2O2. The summed E-state index contributed by atoms with van der Waals surface area (Å²) in [6.45, 7) is 4.44. The molecule has 0 N–H and O–H groups in total. The molecule has 1 amide bonds. The van der Waals surface area contributed by atoms with Gasteiger partial charge in [-0.25, -0.2) is 4.98 Å². The molecule has 1 aromatic carbocycles. The molecule has 0 atom stereocenters. The summed E-state index contributed by atoms with van der Waals surface area (Å²) in [7, 11) is 1.83. The van der Waals surface area contributed by atoms with Crippen LogP contribution >= 0.6 is 0 Å². The summed E-state index contributed by atoms with van der Waals surface area (Å²) in [5.74, 6) is 0.927. The molecule has 0 aliphatic carbocycles. The van der Waals surface area contributed by atoms with Gasteiger partial charge in [-0.1, -0.05) is 38.1 Å². The fourth-order valence-corrected chi connectivity index (χ4v) is 1.93. The summed E-state index contributed by atoms with van der Waals surface area (Å²) in [6.07, 6.45) is 3.10. The average Bonchev–Trinajstić information content (AvgIpc) is 2.92. The number of rotatable bonds is 4. The number of carbonyl (C=O) groups is 1. The second kappa shape index (κ2) is 5.69. The van der Waals surface area contributed by atoms with Crippen molar-refractivity contribution in [3.63, 3.8) is 0 Å². The predicted molar refractivity (Wildman–Crippen MR) is 73.3 cm³/mol. The van der Waals surface area contributed by atoms with E-state index in [1.807, 2.05) is 45.2 Å². The number of hydrogen-bond donors (Lipinski definition) is 0. The molecule has 0 fully saturated rings. The quantitative estimate of drug-likeness (QED) is 0.847. The molecule has 100 valence electrons. The van der Waals surface area contributed by atoms with Gasteiger partial charge < -0.3 is 9.32 Å². The highest BCUT2D eigenvalue weighted by molar-refractivity contribution is 5.77. The van der Waals surface area contributed by atoms with Crippen molar-refractivity contribution in [2.24, 2.45) is 5.92 Å². The van der Waals surface area contributed by atoms with Crippen LogP contribution in [-0.2, 0) is 11.3 Å². The zero-order chi connectivity index (χ0) is 13.8. The van der Waals surface area contributed by atoms with Crippen LogP contribution in [0.25, 0.3) is 11.3 Å². The fourth-order valence-electron chi connectivity index (χ4n) is 1.93. The first-order valence-electron chi connectivity index (χ1n) is 6.30. The van der Waals surface area contributed by atoms with Crippen LogP contribution in [0.3, 0.4) is 0 Å². The largest absolute Gasteiger partial charge is 0.444 e. The second-order valence-corrected chi connectivity index (χ2v) is 4.91. The molecule has 0 aliphatic rings. The van der Waals surface area contributed by atoms with Gasteiger partial charge in [-0.3, -0.25) is 4.79 Å². The molecule has 0 saturated carbocycles. The van der Waals surface area contributed by atoms with Crippen molar-refractivity contribution in [3.8, 4) is 11.3 Å². The lowest BCUT2D eigenvalue weighted by Crippen LogP contribution is -2.29. The van der Waals surface area contributed by atoms with Gasteiger partial charge in [-0.05, 0) is 5.56 Å². The van der Waals surface area contributed by atoms with Gasteiger partial charge in [-0.2, -0.15) is 0 Å². The lowest BCUT2D eigenvalue weighted by molar-refractivity contribution is -0.133. The standard InChI is InChI=1S/C15H18N2O2/c1-11(2)15(18)17(3)9-12-4-6-13(7-5-12)14-8-16-10-19-14/h4-8,10-11H,9H2,1-3H3. The number of carbonyl (C=O) groups excluding carboxylic acids is 1. The first kappa shape index (κ1) is 13.3. The third-order valence-corrected chi connectivity index (χ3v) is 2.96. The van der Waals surface area contributed by atoms with Crippen molar-refractivity contribution in [1.82, 2.24) is 9.88 Å². The molecule has 0 spiro atoms. The van der Waals surface area contributed by atoms with Crippen molar-refractivity contribution >= 4 is 5.91 Å². The Balaban J connectivity index is 2.05. The predicted octanol–water partition coefficient (Wildman–Crippen LogP) is 2.96. The van der Waals surface area contributed by atoms with Crippen molar-refractivity contribution in [2.75, 3.05) is 7.05 Å². The molecule has 0 saturated heterocycles. The van der Waals surface area contributed by atoms with Crippen molar-refractivity contribution < 1.29 is 9.21 Å². The van der Waals surface area contributed by atoms with Crippen LogP contribution in [0.5, 0.6) is 0 Å². The number of aromatic nitrogens is 1. The van der Waals surface area contributed by atoms with Crippen LogP contribution in [-0.4, -0.2) is 22.8 Å². The third kappa shape index (κ3) is 3.22. The number of nitrogens with zero attached hydrogens (tertiary/aromatic N) is 2. The van der Waals surface area contributed by atoms with Gasteiger partial charge in [0, 0.05) is 25.1 Å². The normalized spacial score (nSPS) is 10.7. The zero-order valence-corrected chi connectivity index (χ0v) is 11.5. The van der Waals surface area contributed by atoms with Gasteiger partial charge in [-0.15, -0.1) is 0 Å². The van der Waals surface area contributed by atoms with Gasteiger partial charge >= 0.3 is 0 Å². The topological polar surface area (TPSA) is 46.3 Å². The van der Waals surface area contributed by atoms with Crippen LogP contribution in [0.2, 0.25) is 0 Å². The molecule has 0 aliphatic heterocycles. The lowest BCUT2D eigenvalue weighted by Gasteiger charge is -2.19. The van der Waals surface area contributed by atoms with Crippen LogP contribution in [0.4, 0.5) is 0 Å². The molecule has 1 aromatic heterocycles. The van der Waals surface area contributed by atoms with E-state index < -0.39 is 0 Å². The number of hydrogen-bond acceptors (Lipinski definition) is 3. The minimum absolute atomic E-state index is 0.0264. The highest BCUT2D eigenvalue weighted by Gasteiger charge is 2.13. The van der Waals surface area contributed by atoms with E-state index >= 15 is 0 Å². The molecule has 0 unspecified atom stereocenters. The van der Waals surface area contributed by atoms with E-state index in [9.17, 15) is 4.79 Å². The van der Waals surface area contributed by atoms with Crippen LogP contribution in [0, 0.1) is 5.92 Å². The third-order valence-electron chi connectivity index (χ3n) is 2.96. The number of oxazole rings is 1. The van der Waals surface area contributed by atoms with Gasteiger partial charge in [0.05, 0.1) is 6.20 Å². The first-order chi connectivity index (χ1) is 9.08. The van der Waals surface area contributed by atoms with Gasteiger partial charge in [0.25, 0.3) is 0 Å². The van der Waals surface area contributed by atoms with Crippen LogP contribution in [0.15, 0.2) is 41.3 Å². The van der Waals surface area contributed by atoms with Gasteiger partial charge in [0.1, 0.15) is 0 Å². The van der Waals surface area contributed by atoms with Crippen LogP contribution < -0.4 is 0 Å². The minimum Gasteiger partial charge on any atom is -0.444 e. The van der Waals surface area contributed by atoms with E-state index in [-0.39, 0.29) is 11.8 Å². The maximum Gasteiger partial charge on any atom is 0.225 e. The Morgan fingerprint density at radius 1 is 1.32 bits per heavy atom. The molecule has 1 heterocycles. The first-order valence-corrected chi connectivity index (χ1v) is 6.30. The summed E-state index contributed by atoms with van der Waals surface area (Å²) in [5, 5.41) is 0. The molecule has 0 bridgehead atoms. The molecule has 0 radical (unpaired) electrons. The Labute approximate surface area is 113 Å². The molecular weight excluding hydrogens is 240 g/mol. The smallest absolute Gasteiger partial charge is 0.225 e. The van der Waals surface area contributed by atoms with E-state index in [4.69, 9.17) is 4.42 Å². The Kier molecular flexibility index (Phi) is 4.00. The Morgan fingerprint density at radius 3 is 2.53 bits per heavy atom. The number of benzene rings is 1. The monoisotopic (exact) mass is 258 g/mol. The maximum atomic E-state index is 11.8. The average molecular weight is 258 g/mol. The van der Waals surface area contributed by atoms with E-state index in [1.54, 1.807) is 11.1 Å². The Hall–Kier alpha value is -2.10. The van der Waals surface area contributed by atoms with Crippen molar-refractivity contribution in [1.29, 1.82) is 0 Å². The molecule has 4 nitrogen and oxygen atoms in total. The summed E-state index contributed by atoms with van der Waals surface area (Å²) in [4.78, 5) is 17.4. The summed E-state index contributed by atoms with van der Waals surface area (Å²) in [5.41, 5.74) is 2.08. The SMILES string of the molecule is CC(C)C(=O)N(C)Cc1ccc(-c2cnco2)cc1. The highest BCUT2D eigenvalue weighted by atomic mass is 16.3. The van der Waals surface area contributed by atoms with Crippen molar-refractivity contribution in [3.05, 3.63) is 42.4 Å². The number of amides is 1. The molecule has 19 heavy (non-hydrogen) atoms. The minimum atomic E-state index is 0.0264. The van der Waals surface area contributed by atoms with E-state index in [1.165, 1.54) is 6.39 Å². The Bertz CT molecular complexity index is 530. The maximum absolute atomic E-state index is 11.8. The van der Waals surface area contributed by atoms with Gasteiger partial charge in [0.2, 0.25) is 5.91 Å². The summed E-state index contributed by atoms with van der Waals surface area (Å²) in [6, 6.07) is 7.96. The van der Waals surface area contributed by atoms with E-state index in [0.717, 1.165) is 16.9 Å². The van der Waals surface area contributed by atoms with Gasteiger partial charge in [0.15, 0.2) is 12.2 Å². The summed E-state index contributed by atoms with van der Waals surface area (Å²) >= 11 is 0. The van der Waals surface area contributed by atoms with Crippen molar-refractivity contribution in [2.45, 2.75) is 20.4 Å². The highest BCUT2D eigenvalue weighted by Crippen LogP contribution is 2.19. The second-order valence-electron chi connectivity index (χ2n) is 4.91. The van der Waals surface area contributed by atoms with Crippen LogP contribution in [0.1, 0.15) is 19.4 Å². The molecule has 2 rings (SSSR count). The van der Waals surface area contributed by atoms with E-state index in [0.29, 0.717) is 6.54 Å². The Morgan fingerprint density at radius 2 is 2.00 bits per heavy atom. The molecule has 4 heteroatoms. The fraction of sp³-hybridized carbons (Fsp3) is 0.333. The zero-order valence-electron chi connectivity index (χ0n) is 11.5. The lowest BCUT2D eigenvalue weighted by atomic mass is 10.1. The molecule has 2 aromatic rings.